The maximum absolute atomic E-state index is 10.9. The number of ether oxygens (including phenoxy) is 1. The molecule has 0 atom stereocenters. The zero-order valence-corrected chi connectivity index (χ0v) is 9.71. The Morgan fingerprint density at radius 3 is 2.81 bits per heavy atom. The van der Waals surface area contributed by atoms with E-state index in [0.717, 1.165) is 6.42 Å². The van der Waals surface area contributed by atoms with Crippen LogP contribution < -0.4 is 5.32 Å². The number of hydrogen-bond donors (Lipinski definition) is 2. The molecule has 0 unspecified atom stereocenters. The molecule has 0 saturated carbocycles. The molecule has 0 aliphatic rings. The molecule has 86 valence electrons. The van der Waals surface area contributed by atoms with E-state index in [-0.39, 0.29) is 10.7 Å². The molecule has 0 amide bonds. The Labute approximate surface area is 99.2 Å². The predicted molar refractivity (Wildman–Crippen MR) is 65.9 cm³/mol. The Hall–Kier alpha value is -1.62. The molecule has 5 heteroatoms. The van der Waals surface area contributed by atoms with Crippen LogP contribution in [0.2, 0.25) is 0 Å². The molecule has 0 heterocycles. The van der Waals surface area contributed by atoms with Gasteiger partial charge in [0.2, 0.25) is 0 Å². The first-order valence-electron chi connectivity index (χ1n) is 4.91. The SMILES string of the molecule is CCCOC(=S)Nc1ccccc1C(=O)O. The van der Waals surface area contributed by atoms with Gasteiger partial charge in [-0.1, -0.05) is 19.1 Å². The van der Waals surface area contributed by atoms with Crippen molar-refractivity contribution in [3.8, 4) is 0 Å². The molecule has 0 saturated heterocycles. The summed E-state index contributed by atoms with van der Waals surface area (Å²) in [6, 6.07) is 6.54. The molecule has 2 N–H and O–H groups in total. The Morgan fingerprint density at radius 1 is 1.50 bits per heavy atom. The van der Waals surface area contributed by atoms with E-state index in [0.29, 0.717) is 12.3 Å². The number of carboxylic acid groups (broad SMARTS) is 1. The molecule has 4 nitrogen and oxygen atoms in total. The number of carboxylic acids is 1. The van der Waals surface area contributed by atoms with E-state index in [1.807, 2.05) is 6.92 Å². The zero-order valence-electron chi connectivity index (χ0n) is 8.90. The Morgan fingerprint density at radius 2 is 2.19 bits per heavy atom. The fourth-order valence-corrected chi connectivity index (χ4v) is 1.31. The molecular formula is C11H13NO3S. The summed E-state index contributed by atoms with van der Waals surface area (Å²) >= 11 is 4.92. The maximum Gasteiger partial charge on any atom is 0.337 e. The van der Waals surface area contributed by atoms with Crippen molar-refractivity contribution in [2.75, 3.05) is 11.9 Å². The van der Waals surface area contributed by atoms with E-state index in [2.05, 4.69) is 5.32 Å². The highest BCUT2D eigenvalue weighted by Gasteiger charge is 2.09. The van der Waals surface area contributed by atoms with Gasteiger partial charge in [0.25, 0.3) is 5.17 Å². The molecule has 0 fully saturated rings. The third-order valence-electron chi connectivity index (χ3n) is 1.83. The summed E-state index contributed by atoms with van der Waals surface area (Å²) in [6.07, 6.45) is 0.850. The molecule has 0 aliphatic carbocycles. The van der Waals surface area contributed by atoms with Gasteiger partial charge < -0.3 is 15.2 Å². The van der Waals surface area contributed by atoms with Crippen molar-refractivity contribution >= 4 is 29.0 Å². The Kier molecular flexibility index (Phi) is 4.72. The van der Waals surface area contributed by atoms with Crippen molar-refractivity contribution in [3.63, 3.8) is 0 Å². The highest BCUT2D eigenvalue weighted by Crippen LogP contribution is 2.15. The number of para-hydroxylation sites is 1. The number of anilines is 1. The summed E-state index contributed by atoms with van der Waals surface area (Å²) in [4.78, 5) is 10.9. The second-order valence-corrected chi connectivity index (χ2v) is 3.48. The first kappa shape index (κ1) is 12.4. The lowest BCUT2D eigenvalue weighted by molar-refractivity contribution is 0.0698. The average Bonchev–Trinajstić information content (AvgIpc) is 2.27. The van der Waals surface area contributed by atoms with Gasteiger partial charge in [-0.2, -0.15) is 0 Å². The monoisotopic (exact) mass is 239 g/mol. The first-order chi connectivity index (χ1) is 7.65. The van der Waals surface area contributed by atoms with Gasteiger partial charge in [-0.25, -0.2) is 4.79 Å². The largest absolute Gasteiger partial charge is 0.478 e. The topological polar surface area (TPSA) is 58.6 Å². The summed E-state index contributed by atoms with van der Waals surface area (Å²) < 4.78 is 5.16. The van der Waals surface area contributed by atoms with Gasteiger partial charge in [0.15, 0.2) is 0 Å². The van der Waals surface area contributed by atoms with Gasteiger partial charge >= 0.3 is 5.97 Å². The smallest absolute Gasteiger partial charge is 0.337 e. The lowest BCUT2D eigenvalue weighted by Crippen LogP contribution is -2.16. The molecule has 0 radical (unpaired) electrons. The summed E-state index contributed by atoms with van der Waals surface area (Å²) in [5.41, 5.74) is 0.612. The number of rotatable bonds is 4. The number of aromatic carboxylic acids is 1. The Balaban J connectivity index is 2.73. The van der Waals surface area contributed by atoms with Crippen molar-refractivity contribution in [2.24, 2.45) is 0 Å². The van der Waals surface area contributed by atoms with Gasteiger partial charge in [-0.3, -0.25) is 0 Å². The van der Waals surface area contributed by atoms with E-state index >= 15 is 0 Å². The van der Waals surface area contributed by atoms with Gasteiger partial charge in [0, 0.05) is 0 Å². The summed E-state index contributed by atoms with van der Waals surface area (Å²) in [5.74, 6) is -0.999. The van der Waals surface area contributed by atoms with Crippen LogP contribution in [0.15, 0.2) is 24.3 Å². The van der Waals surface area contributed by atoms with Crippen LogP contribution in [0.3, 0.4) is 0 Å². The molecule has 0 aliphatic heterocycles. The van der Waals surface area contributed by atoms with Crippen LogP contribution >= 0.6 is 12.2 Å². The summed E-state index contributed by atoms with van der Waals surface area (Å²) in [5, 5.41) is 11.9. The fourth-order valence-electron chi connectivity index (χ4n) is 1.12. The summed E-state index contributed by atoms with van der Waals surface area (Å²) in [7, 11) is 0. The molecule has 0 aromatic heterocycles. The minimum Gasteiger partial charge on any atom is -0.478 e. The number of hydrogen-bond acceptors (Lipinski definition) is 3. The number of benzene rings is 1. The van der Waals surface area contributed by atoms with E-state index in [1.54, 1.807) is 18.2 Å². The molecule has 0 bridgehead atoms. The predicted octanol–water partition coefficient (Wildman–Crippen LogP) is 2.51. The summed E-state index contributed by atoms with van der Waals surface area (Å²) in [6.45, 7) is 2.48. The van der Waals surface area contributed by atoms with Crippen LogP contribution in [0.25, 0.3) is 0 Å². The van der Waals surface area contributed by atoms with Crippen LogP contribution in [0.4, 0.5) is 5.69 Å². The lowest BCUT2D eigenvalue weighted by atomic mass is 10.2. The molecular weight excluding hydrogens is 226 g/mol. The second kappa shape index (κ2) is 6.07. The van der Waals surface area contributed by atoms with Gasteiger partial charge in [-0.05, 0) is 30.8 Å². The quantitative estimate of drug-likeness (QED) is 0.791. The van der Waals surface area contributed by atoms with Crippen molar-refractivity contribution in [2.45, 2.75) is 13.3 Å². The highest BCUT2D eigenvalue weighted by atomic mass is 32.1. The van der Waals surface area contributed by atoms with Gasteiger partial charge in [0.1, 0.15) is 0 Å². The van der Waals surface area contributed by atoms with E-state index in [4.69, 9.17) is 22.1 Å². The minimum absolute atomic E-state index is 0.171. The molecule has 1 aromatic carbocycles. The number of carbonyl (C=O) groups is 1. The van der Waals surface area contributed by atoms with Crippen LogP contribution in [-0.2, 0) is 4.74 Å². The van der Waals surface area contributed by atoms with Crippen LogP contribution in [-0.4, -0.2) is 22.9 Å². The first-order valence-corrected chi connectivity index (χ1v) is 5.32. The molecule has 16 heavy (non-hydrogen) atoms. The van der Waals surface area contributed by atoms with Gasteiger partial charge in [0.05, 0.1) is 17.9 Å². The fraction of sp³-hybridized carbons (Fsp3) is 0.273. The zero-order chi connectivity index (χ0) is 12.0. The second-order valence-electron chi connectivity index (χ2n) is 3.11. The average molecular weight is 239 g/mol. The third kappa shape index (κ3) is 3.51. The maximum atomic E-state index is 10.9. The normalized spacial score (nSPS) is 9.56. The van der Waals surface area contributed by atoms with Crippen molar-refractivity contribution in [1.82, 2.24) is 0 Å². The lowest BCUT2D eigenvalue weighted by Gasteiger charge is -2.10. The Bertz CT molecular complexity index is 393. The van der Waals surface area contributed by atoms with E-state index < -0.39 is 5.97 Å². The van der Waals surface area contributed by atoms with E-state index in [9.17, 15) is 4.79 Å². The minimum atomic E-state index is -0.999. The highest BCUT2D eigenvalue weighted by molar-refractivity contribution is 7.80. The van der Waals surface area contributed by atoms with E-state index in [1.165, 1.54) is 6.07 Å². The van der Waals surface area contributed by atoms with Gasteiger partial charge in [-0.15, -0.1) is 0 Å². The van der Waals surface area contributed by atoms with Crippen LogP contribution in [0.5, 0.6) is 0 Å². The molecule has 1 rings (SSSR count). The van der Waals surface area contributed by atoms with Crippen molar-refractivity contribution < 1.29 is 14.6 Å². The number of thiocarbonyl (C=S) groups is 1. The molecule has 0 spiro atoms. The molecule has 1 aromatic rings. The van der Waals surface area contributed by atoms with Crippen LogP contribution in [0.1, 0.15) is 23.7 Å². The third-order valence-corrected chi connectivity index (χ3v) is 2.05. The van der Waals surface area contributed by atoms with Crippen molar-refractivity contribution in [1.29, 1.82) is 0 Å². The van der Waals surface area contributed by atoms with Crippen LogP contribution in [0, 0.1) is 0 Å². The number of nitrogens with one attached hydrogen (secondary N) is 1. The standard InChI is InChI=1S/C11H13NO3S/c1-2-7-15-11(16)12-9-6-4-3-5-8(9)10(13)14/h3-6H,2,7H2,1H3,(H,12,16)(H,13,14). The van der Waals surface area contributed by atoms with Crippen molar-refractivity contribution in [3.05, 3.63) is 29.8 Å².